The van der Waals surface area contributed by atoms with Crippen LogP contribution in [0.5, 0.6) is 0 Å². The maximum atomic E-state index is 12.2. The molecule has 0 atom stereocenters. The fourth-order valence-electron chi connectivity index (χ4n) is 2.06. The van der Waals surface area contributed by atoms with Gasteiger partial charge in [-0.15, -0.1) is 10.2 Å². The zero-order valence-corrected chi connectivity index (χ0v) is 14.2. The molecule has 2 rings (SSSR count). The van der Waals surface area contributed by atoms with Gasteiger partial charge in [-0.25, -0.2) is 0 Å². The molecule has 6 heteroatoms. The highest BCUT2D eigenvalue weighted by atomic mass is 35.5. The van der Waals surface area contributed by atoms with E-state index in [2.05, 4.69) is 22.4 Å². The summed E-state index contributed by atoms with van der Waals surface area (Å²) in [6.45, 7) is 3.37. The van der Waals surface area contributed by atoms with Gasteiger partial charge in [0.15, 0.2) is 5.69 Å². The topological polar surface area (TPSA) is 58.1 Å². The van der Waals surface area contributed by atoms with Crippen LogP contribution >= 0.6 is 11.6 Å². The van der Waals surface area contributed by atoms with Gasteiger partial charge in [0.05, 0.1) is 0 Å². The fourth-order valence-corrected chi connectivity index (χ4v) is 2.26. The molecule has 1 N–H and O–H groups in total. The molecular formula is C17H21ClN4O. The van der Waals surface area contributed by atoms with Crippen LogP contribution in [0.25, 0.3) is 0 Å². The number of halogens is 1. The van der Waals surface area contributed by atoms with Gasteiger partial charge in [-0.05, 0) is 30.2 Å². The maximum absolute atomic E-state index is 12.2. The van der Waals surface area contributed by atoms with E-state index in [4.69, 9.17) is 11.6 Å². The standard InChI is InChI=1S/C17H21ClN4O/c1-3-4-11-22(2)17(23)15-9-10-16(21-20-15)19-12-13-7-5-6-8-14(13)18/h5-10H,3-4,11-12H2,1-2H3,(H,19,21). The number of unbranched alkanes of at least 4 members (excludes halogenated alkanes) is 1. The van der Waals surface area contributed by atoms with E-state index in [0.717, 1.165) is 24.9 Å². The molecule has 122 valence electrons. The molecule has 1 amide bonds. The summed E-state index contributed by atoms with van der Waals surface area (Å²) in [4.78, 5) is 13.8. The van der Waals surface area contributed by atoms with Crippen molar-refractivity contribution >= 4 is 23.3 Å². The summed E-state index contributed by atoms with van der Waals surface area (Å²) in [5.74, 6) is 0.501. The van der Waals surface area contributed by atoms with Crippen molar-refractivity contribution in [2.75, 3.05) is 18.9 Å². The lowest BCUT2D eigenvalue weighted by atomic mass is 10.2. The van der Waals surface area contributed by atoms with Crippen molar-refractivity contribution in [3.8, 4) is 0 Å². The van der Waals surface area contributed by atoms with Crippen LogP contribution in [0, 0.1) is 0 Å². The lowest BCUT2D eigenvalue weighted by molar-refractivity contribution is 0.0786. The van der Waals surface area contributed by atoms with Crippen molar-refractivity contribution in [2.45, 2.75) is 26.3 Å². The van der Waals surface area contributed by atoms with Gasteiger partial charge in [-0.3, -0.25) is 4.79 Å². The normalized spacial score (nSPS) is 10.4. The number of rotatable bonds is 7. The van der Waals surface area contributed by atoms with E-state index in [1.807, 2.05) is 24.3 Å². The minimum absolute atomic E-state index is 0.108. The lowest BCUT2D eigenvalue weighted by Gasteiger charge is -2.15. The second-order valence-electron chi connectivity index (χ2n) is 5.33. The van der Waals surface area contributed by atoms with Crippen LogP contribution in [0.1, 0.15) is 35.8 Å². The first kappa shape index (κ1) is 17.2. The Morgan fingerprint density at radius 2 is 2.00 bits per heavy atom. The molecular weight excluding hydrogens is 312 g/mol. The molecule has 5 nitrogen and oxygen atoms in total. The van der Waals surface area contributed by atoms with Gasteiger partial charge in [-0.1, -0.05) is 43.1 Å². The summed E-state index contributed by atoms with van der Waals surface area (Å²) in [6.07, 6.45) is 2.03. The van der Waals surface area contributed by atoms with Crippen LogP contribution in [0.15, 0.2) is 36.4 Å². The van der Waals surface area contributed by atoms with Crippen molar-refractivity contribution in [1.82, 2.24) is 15.1 Å². The Balaban J connectivity index is 1.94. The Kier molecular flexibility index (Phi) is 6.35. The molecule has 0 saturated heterocycles. The molecule has 0 radical (unpaired) electrons. The third-order valence-corrected chi connectivity index (χ3v) is 3.86. The molecule has 0 bridgehead atoms. The SMILES string of the molecule is CCCCN(C)C(=O)c1ccc(NCc2ccccc2Cl)nn1. The highest BCUT2D eigenvalue weighted by Crippen LogP contribution is 2.16. The van der Waals surface area contributed by atoms with Gasteiger partial charge >= 0.3 is 0 Å². The predicted molar refractivity (Wildman–Crippen MR) is 92.7 cm³/mol. The summed E-state index contributed by atoms with van der Waals surface area (Å²) in [7, 11) is 1.78. The molecule has 1 heterocycles. The molecule has 1 aromatic heterocycles. The zero-order chi connectivity index (χ0) is 16.7. The zero-order valence-electron chi connectivity index (χ0n) is 13.4. The van der Waals surface area contributed by atoms with Gasteiger partial charge < -0.3 is 10.2 Å². The van der Waals surface area contributed by atoms with Crippen LogP contribution in [-0.2, 0) is 6.54 Å². The van der Waals surface area contributed by atoms with Crippen LogP contribution in [0.2, 0.25) is 5.02 Å². The van der Waals surface area contributed by atoms with Crippen molar-refractivity contribution in [3.05, 3.63) is 52.7 Å². The number of nitrogens with one attached hydrogen (secondary N) is 1. The molecule has 0 aliphatic rings. The molecule has 23 heavy (non-hydrogen) atoms. The second-order valence-corrected chi connectivity index (χ2v) is 5.74. The average molecular weight is 333 g/mol. The predicted octanol–water partition coefficient (Wildman–Crippen LogP) is 3.61. The highest BCUT2D eigenvalue weighted by molar-refractivity contribution is 6.31. The molecule has 1 aromatic carbocycles. The minimum atomic E-state index is -0.108. The number of benzene rings is 1. The summed E-state index contributed by atoms with van der Waals surface area (Å²) in [5, 5.41) is 11.9. The Labute approximate surface area is 141 Å². The summed E-state index contributed by atoms with van der Waals surface area (Å²) in [6, 6.07) is 11.1. The summed E-state index contributed by atoms with van der Waals surface area (Å²) in [5.41, 5.74) is 1.34. The quantitative estimate of drug-likeness (QED) is 0.841. The van der Waals surface area contributed by atoms with Gasteiger partial charge in [-0.2, -0.15) is 0 Å². The smallest absolute Gasteiger partial charge is 0.274 e. The van der Waals surface area contributed by atoms with Crippen LogP contribution < -0.4 is 5.32 Å². The van der Waals surface area contributed by atoms with E-state index >= 15 is 0 Å². The Bertz CT molecular complexity index is 645. The molecule has 0 saturated carbocycles. The third kappa shape index (κ3) is 4.93. The fraction of sp³-hybridized carbons (Fsp3) is 0.353. The van der Waals surface area contributed by atoms with E-state index in [-0.39, 0.29) is 5.91 Å². The number of carbonyl (C=O) groups is 1. The van der Waals surface area contributed by atoms with Gasteiger partial charge in [0.25, 0.3) is 5.91 Å². The Morgan fingerprint density at radius 1 is 1.22 bits per heavy atom. The first-order chi connectivity index (χ1) is 11.1. The van der Waals surface area contributed by atoms with Crippen molar-refractivity contribution < 1.29 is 4.79 Å². The number of hydrogen-bond donors (Lipinski definition) is 1. The summed E-state index contributed by atoms with van der Waals surface area (Å²) >= 11 is 6.11. The number of nitrogens with zero attached hydrogens (tertiary/aromatic N) is 3. The maximum Gasteiger partial charge on any atom is 0.274 e. The molecule has 0 aliphatic carbocycles. The summed E-state index contributed by atoms with van der Waals surface area (Å²) < 4.78 is 0. The monoisotopic (exact) mass is 332 g/mol. The van der Waals surface area contributed by atoms with E-state index in [0.29, 0.717) is 23.1 Å². The van der Waals surface area contributed by atoms with Gasteiger partial charge in [0.2, 0.25) is 0 Å². The first-order valence-electron chi connectivity index (χ1n) is 7.68. The Hall–Kier alpha value is -2.14. The van der Waals surface area contributed by atoms with Gasteiger partial charge in [0.1, 0.15) is 5.82 Å². The third-order valence-electron chi connectivity index (χ3n) is 3.50. The van der Waals surface area contributed by atoms with E-state index < -0.39 is 0 Å². The molecule has 0 fully saturated rings. The lowest BCUT2D eigenvalue weighted by Crippen LogP contribution is -2.28. The van der Waals surface area contributed by atoms with Crippen molar-refractivity contribution in [1.29, 1.82) is 0 Å². The van der Waals surface area contributed by atoms with Crippen LogP contribution in [0.3, 0.4) is 0 Å². The number of carbonyl (C=O) groups excluding carboxylic acids is 1. The van der Waals surface area contributed by atoms with Crippen molar-refractivity contribution in [2.24, 2.45) is 0 Å². The number of aromatic nitrogens is 2. The van der Waals surface area contributed by atoms with Crippen LogP contribution in [-0.4, -0.2) is 34.6 Å². The van der Waals surface area contributed by atoms with E-state index in [1.165, 1.54) is 0 Å². The number of anilines is 1. The highest BCUT2D eigenvalue weighted by Gasteiger charge is 2.13. The second kappa shape index (κ2) is 8.48. The molecule has 0 aliphatic heterocycles. The first-order valence-corrected chi connectivity index (χ1v) is 8.06. The van der Waals surface area contributed by atoms with E-state index in [1.54, 1.807) is 24.1 Å². The number of amides is 1. The number of hydrogen-bond acceptors (Lipinski definition) is 4. The average Bonchev–Trinajstić information content (AvgIpc) is 2.59. The molecule has 0 unspecified atom stereocenters. The molecule has 2 aromatic rings. The molecule has 0 spiro atoms. The Morgan fingerprint density at radius 3 is 2.65 bits per heavy atom. The van der Waals surface area contributed by atoms with E-state index in [9.17, 15) is 4.79 Å². The van der Waals surface area contributed by atoms with Gasteiger partial charge in [0, 0.05) is 25.2 Å². The largest absolute Gasteiger partial charge is 0.364 e. The van der Waals surface area contributed by atoms with Crippen LogP contribution in [0.4, 0.5) is 5.82 Å². The van der Waals surface area contributed by atoms with Crippen molar-refractivity contribution in [3.63, 3.8) is 0 Å². The minimum Gasteiger partial charge on any atom is -0.364 e.